The molecule has 0 saturated heterocycles. The first-order valence-corrected chi connectivity index (χ1v) is 22.5. The van der Waals surface area contributed by atoms with Crippen LogP contribution in [0.4, 0.5) is 13.2 Å². The molecule has 368 valence electrons. The van der Waals surface area contributed by atoms with Gasteiger partial charge in [-0.25, -0.2) is 4.79 Å². The molecule has 70 heavy (non-hydrogen) atoms. The summed E-state index contributed by atoms with van der Waals surface area (Å²) >= 11 is 0. The van der Waals surface area contributed by atoms with Crippen LogP contribution in [-0.4, -0.2) is 88.7 Å². The normalized spacial score (nSPS) is 12.7. The number of hydrogen-bond donors (Lipinski definition) is 1. The number of nitrogens with zero attached hydrogens (tertiary/aromatic N) is 3. The van der Waals surface area contributed by atoms with E-state index in [2.05, 4.69) is 60.8 Å². The summed E-state index contributed by atoms with van der Waals surface area (Å²) in [5.74, 6) is -3.37. The molecule has 10 nitrogen and oxygen atoms in total. The van der Waals surface area contributed by atoms with Crippen molar-refractivity contribution < 1.29 is 47.0 Å². The first kappa shape index (κ1) is 55.2. The van der Waals surface area contributed by atoms with Crippen molar-refractivity contribution in [3.05, 3.63) is 198 Å². The zero-order valence-corrected chi connectivity index (χ0v) is 42.3. The SMILES string of the molecule is C=CCN(CC=C)C(=O)c1cc(C)cc(C)c1.CN1C(=O)c2ccc(C(C)(c3ccc4c(c3)C(=O)N(C)C4=O)C(F)(F)F)cc2C1=O.Cc1c(C)c(C)c(C)c(C)c1C.Cc1cc(C)cc(C(=O)O)c1. The number of benzene rings is 5. The average molecular weight is 958 g/mol. The molecule has 5 aromatic rings. The van der Waals surface area contributed by atoms with Crippen molar-refractivity contribution in [3.8, 4) is 0 Å². The third-order valence-electron chi connectivity index (χ3n) is 13.2. The number of aromatic carboxylic acids is 1. The number of aryl methyl sites for hydroxylation is 4. The molecule has 0 fully saturated rings. The number of alkyl halides is 3. The van der Waals surface area contributed by atoms with Crippen molar-refractivity contribution in [2.24, 2.45) is 0 Å². The summed E-state index contributed by atoms with van der Waals surface area (Å²) in [5.41, 5.74) is 10.7. The number of carboxylic acids is 1. The zero-order valence-electron chi connectivity index (χ0n) is 42.3. The van der Waals surface area contributed by atoms with Crippen LogP contribution in [0.25, 0.3) is 0 Å². The lowest BCUT2D eigenvalue weighted by atomic mass is 9.74. The van der Waals surface area contributed by atoms with Crippen LogP contribution in [0.2, 0.25) is 0 Å². The highest BCUT2D eigenvalue weighted by Gasteiger charge is 2.54. The summed E-state index contributed by atoms with van der Waals surface area (Å²) in [5, 5.41) is 8.63. The summed E-state index contributed by atoms with van der Waals surface area (Å²) in [7, 11) is 2.51. The van der Waals surface area contributed by atoms with Crippen LogP contribution >= 0.6 is 0 Å². The van der Waals surface area contributed by atoms with E-state index in [-0.39, 0.29) is 39.3 Å². The molecule has 5 aromatic carbocycles. The first-order chi connectivity index (χ1) is 32.5. The molecule has 13 heteroatoms. The average Bonchev–Trinajstić information content (AvgIpc) is 3.66. The van der Waals surface area contributed by atoms with Gasteiger partial charge in [-0.05, 0) is 169 Å². The Hall–Kier alpha value is -7.41. The minimum atomic E-state index is -4.80. The lowest BCUT2D eigenvalue weighted by molar-refractivity contribution is -0.173. The molecule has 0 atom stereocenters. The number of hydrogen-bond acceptors (Lipinski definition) is 6. The Balaban J connectivity index is 0.000000225. The van der Waals surface area contributed by atoms with E-state index >= 15 is 0 Å². The van der Waals surface area contributed by atoms with E-state index in [4.69, 9.17) is 5.11 Å². The van der Waals surface area contributed by atoms with Gasteiger partial charge < -0.3 is 10.0 Å². The predicted octanol–water partition coefficient (Wildman–Crippen LogP) is 11.7. The van der Waals surface area contributed by atoms with Crippen LogP contribution in [0.15, 0.2) is 98.1 Å². The highest BCUT2D eigenvalue weighted by atomic mass is 19.4. The van der Waals surface area contributed by atoms with E-state index in [0.29, 0.717) is 18.7 Å². The van der Waals surface area contributed by atoms with Gasteiger partial charge in [-0.3, -0.25) is 33.8 Å². The van der Waals surface area contributed by atoms with Crippen molar-refractivity contribution in [2.45, 2.75) is 87.8 Å². The number of fused-ring (bicyclic) bond motifs is 2. The second-order valence-corrected chi connectivity index (χ2v) is 18.1. The van der Waals surface area contributed by atoms with E-state index in [1.54, 1.807) is 29.2 Å². The number of rotatable bonds is 8. The van der Waals surface area contributed by atoms with Crippen molar-refractivity contribution in [1.82, 2.24) is 14.7 Å². The van der Waals surface area contributed by atoms with Gasteiger partial charge in [0.25, 0.3) is 29.5 Å². The lowest BCUT2D eigenvalue weighted by Crippen LogP contribution is -2.41. The van der Waals surface area contributed by atoms with Crippen LogP contribution in [0.5, 0.6) is 0 Å². The maximum absolute atomic E-state index is 14.4. The molecule has 2 aliphatic rings. The van der Waals surface area contributed by atoms with Crippen LogP contribution in [0.3, 0.4) is 0 Å². The fourth-order valence-electron chi connectivity index (χ4n) is 8.46. The Morgan fingerprint density at radius 1 is 0.529 bits per heavy atom. The Bertz CT molecular complexity index is 2710. The smallest absolute Gasteiger partial charge is 0.402 e. The summed E-state index contributed by atoms with van der Waals surface area (Å²) < 4.78 is 43.1. The van der Waals surface area contributed by atoms with Gasteiger partial charge in [0.2, 0.25) is 0 Å². The van der Waals surface area contributed by atoms with Gasteiger partial charge in [0.05, 0.1) is 27.8 Å². The summed E-state index contributed by atoms with van der Waals surface area (Å²) in [4.78, 5) is 74.9. The largest absolute Gasteiger partial charge is 0.478 e. The molecule has 2 aliphatic heterocycles. The second kappa shape index (κ2) is 21.9. The lowest BCUT2D eigenvalue weighted by Gasteiger charge is -2.33. The Kier molecular flexibility index (Phi) is 17.3. The highest BCUT2D eigenvalue weighted by Crippen LogP contribution is 2.47. The van der Waals surface area contributed by atoms with Gasteiger partial charge in [0.15, 0.2) is 0 Å². The Morgan fingerprint density at radius 3 is 1.11 bits per heavy atom. The van der Waals surface area contributed by atoms with E-state index in [9.17, 15) is 41.9 Å². The maximum atomic E-state index is 14.4. The number of carbonyl (C=O) groups is 6. The molecule has 0 spiro atoms. The van der Waals surface area contributed by atoms with Crippen LogP contribution in [-0.2, 0) is 5.41 Å². The third-order valence-corrected chi connectivity index (χ3v) is 13.2. The molecule has 2 heterocycles. The number of amides is 5. The van der Waals surface area contributed by atoms with E-state index in [1.165, 1.54) is 59.6 Å². The number of halogens is 3. The zero-order chi connectivity index (χ0) is 52.9. The van der Waals surface area contributed by atoms with Gasteiger partial charge in [0.1, 0.15) is 5.41 Å². The Labute approximate surface area is 409 Å². The van der Waals surface area contributed by atoms with Crippen molar-refractivity contribution in [2.75, 3.05) is 27.2 Å². The van der Waals surface area contributed by atoms with Gasteiger partial charge in [0, 0.05) is 32.7 Å². The molecule has 0 saturated carbocycles. The molecule has 0 aromatic heterocycles. The molecule has 0 bridgehead atoms. The minimum Gasteiger partial charge on any atom is -0.478 e. The minimum absolute atomic E-state index is 0.0246. The van der Waals surface area contributed by atoms with Crippen molar-refractivity contribution >= 4 is 35.5 Å². The molecule has 5 amide bonds. The molecular weight excluding hydrogens is 896 g/mol. The van der Waals surface area contributed by atoms with Crippen molar-refractivity contribution in [3.63, 3.8) is 0 Å². The second-order valence-electron chi connectivity index (χ2n) is 18.1. The summed E-state index contributed by atoms with van der Waals surface area (Å²) in [6, 6.07) is 18.0. The standard InChI is InChI=1S/C21H15F3N2O4.C15H19NO.C12H18.C9H10O2/c1-20(21(22,23)24,10-4-6-12-14(8-10)18(29)25(2)16(12)27)11-5-7-13-15(9-11)19(30)26(3)17(13)28;1-5-7-16(8-6-2)15(17)14-10-12(3)9-13(4)11-14;1-7-8(2)10(4)12(6)11(5)9(7)3;1-6-3-7(2)5-8(4-6)9(10)11/h4-9H,1-3H3;5-6,9-11H,1-2,7-8H2,3-4H3;1-6H3;3-5H,1-2H3,(H,10,11). The van der Waals surface area contributed by atoms with Crippen LogP contribution < -0.4 is 0 Å². The number of carboxylic acid groups (broad SMARTS) is 1. The molecule has 0 unspecified atom stereocenters. The fourth-order valence-corrected chi connectivity index (χ4v) is 8.46. The highest BCUT2D eigenvalue weighted by molar-refractivity contribution is 6.22. The van der Waals surface area contributed by atoms with Gasteiger partial charge in [-0.1, -0.05) is 58.7 Å². The summed E-state index contributed by atoms with van der Waals surface area (Å²) in [6.45, 7) is 30.4. The topological polar surface area (TPSA) is 132 Å². The van der Waals surface area contributed by atoms with E-state index in [0.717, 1.165) is 68.8 Å². The van der Waals surface area contributed by atoms with Crippen LogP contribution in [0, 0.1) is 69.2 Å². The third kappa shape index (κ3) is 11.4. The molecule has 7 rings (SSSR count). The van der Waals surface area contributed by atoms with Gasteiger partial charge in [-0.2, -0.15) is 13.2 Å². The van der Waals surface area contributed by atoms with E-state index in [1.807, 2.05) is 45.9 Å². The van der Waals surface area contributed by atoms with Crippen LogP contribution in [0.1, 0.15) is 136 Å². The maximum Gasteiger partial charge on any atom is 0.402 e. The molecule has 0 aliphatic carbocycles. The molecule has 0 radical (unpaired) electrons. The number of carbonyl (C=O) groups excluding carboxylic acids is 5. The fraction of sp³-hybridized carbons (Fsp3) is 0.298. The molecule has 1 N–H and O–H groups in total. The van der Waals surface area contributed by atoms with Gasteiger partial charge in [-0.15, -0.1) is 13.2 Å². The summed E-state index contributed by atoms with van der Waals surface area (Å²) in [6.07, 6.45) is -1.35. The Morgan fingerprint density at radius 2 is 0.829 bits per heavy atom. The molecular formula is C57H62F3N3O7. The van der Waals surface area contributed by atoms with Crippen molar-refractivity contribution in [1.29, 1.82) is 0 Å². The van der Waals surface area contributed by atoms with E-state index < -0.39 is 41.2 Å². The van der Waals surface area contributed by atoms with Gasteiger partial charge >= 0.3 is 12.1 Å². The predicted molar refractivity (Wildman–Crippen MR) is 268 cm³/mol. The monoisotopic (exact) mass is 957 g/mol. The quantitative estimate of drug-likeness (QED) is 0.121. The first-order valence-electron chi connectivity index (χ1n) is 22.5. The number of imide groups is 2.